The zero-order chi connectivity index (χ0) is 22.5. The largest absolute Gasteiger partial charge is 0.457 e. The fourth-order valence-corrected chi connectivity index (χ4v) is 3.75. The van der Waals surface area contributed by atoms with Crippen LogP contribution in [-0.2, 0) is 4.79 Å². The zero-order valence-electron chi connectivity index (χ0n) is 17.5. The van der Waals surface area contributed by atoms with Crippen molar-refractivity contribution >= 4 is 17.6 Å². The minimum atomic E-state index is -0.549. The van der Waals surface area contributed by atoms with Crippen LogP contribution in [0.4, 0.5) is 5.82 Å². The van der Waals surface area contributed by atoms with Gasteiger partial charge in [-0.05, 0) is 54.8 Å². The molecule has 1 atom stereocenters. The van der Waals surface area contributed by atoms with Crippen molar-refractivity contribution in [3.63, 3.8) is 0 Å². The topological polar surface area (TPSA) is 97.5 Å². The molecule has 2 aromatic carbocycles. The molecule has 2 heterocycles. The highest BCUT2D eigenvalue weighted by Gasteiger charge is 2.29. The van der Waals surface area contributed by atoms with Crippen molar-refractivity contribution < 1.29 is 14.3 Å². The van der Waals surface area contributed by atoms with E-state index in [1.54, 1.807) is 6.07 Å². The van der Waals surface area contributed by atoms with Gasteiger partial charge < -0.3 is 20.7 Å². The zero-order valence-corrected chi connectivity index (χ0v) is 17.5. The van der Waals surface area contributed by atoms with E-state index in [1.807, 2.05) is 59.5 Å². The summed E-state index contributed by atoms with van der Waals surface area (Å²) in [6.07, 6.45) is 4.23. The summed E-state index contributed by atoms with van der Waals surface area (Å²) in [4.78, 5) is 30.3. The molecule has 2 amide bonds. The second kappa shape index (κ2) is 9.34. The molecule has 1 saturated heterocycles. The number of hydrogen-bond donors (Lipinski definition) is 2. The van der Waals surface area contributed by atoms with Crippen LogP contribution in [0.5, 0.6) is 11.5 Å². The quantitative estimate of drug-likeness (QED) is 0.557. The Morgan fingerprint density at radius 2 is 1.84 bits per heavy atom. The van der Waals surface area contributed by atoms with E-state index in [0.29, 0.717) is 17.1 Å². The molecule has 1 unspecified atom stereocenters. The summed E-state index contributed by atoms with van der Waals surface area (Å²) in [7, 11) is 0. The van der Waals surface area contributed by atoms with Gasteiger partial charge in [0.05, 0.1) is 5.56 Å². The molecule has 7 heteroatoms. The fourth-order valence-electron chi connectivity index (χ4n) is 3.75. The van der Waals surface area contributed by atoms with Gasteiger partial charge in [0.25, 0.3) is 0 Å². The highest BCUT2D eigenvalue weighted by Crippen LogP contribution is 2.35. The van der Waals surface area contributed by atoms with E-state index in [9.17, 15) is 9.59 Å². The van der Waals surface area contributed by atoms with Crippen molar-refractivity contribution in [1.29, 1.82) is 0 Å². The van der Waals surface area contributed by atoms with Crippen molar-refractivity contribution in [3.05, 3.63) is 85.1 Å². The highest BCUT2D eigenvalue weighted by atomic mass is 16.5. The molecule has 1 aliphatic heterocycles. The lowest BCUT2D eigenvalue weighted by atomic mass is 10.0. The Bertz CT molecular complexity index is 1130. The highest BCUT2D eigenvalue weighted by molar-refractivity contribution is 5.95. The molecular weight excluding hydrogens is 404 g/mol. The summed E-state index contributed by atoms with van der Waals surface area (Å²) in [5.41, 5.74) is 7.44. The van der Waals surface area contributed by atoms with Crippen LogP contribution in [0.25, 0.3) is 11.1 Å². The number of nitrogens with one attached hydrogen (secondary N) is 1. The number of carbonyl (C=O) groups is 2. The van der Waals surface area contributed by atoms with Gasteiger partial charge in [-0.25, -0.2) is 4.98 Å². The Morgan fingerprint density at radius 3 is 2.53 bits per heavy atom. The molecule has 162 valence electrons. The standard InChI is InChI=1S/C25H24N4O3/c1-2-23(30)28-22-9-6-14-29(22)25-21(15-18(16-27-25)24(26)31)17-10-12-20(13-11-17)32-19-7-4-3-5-8-19/h2-5,7-8,10-13,15-16,22H,1,6,9,14H2,(H2,26,31)(H,28,30). The molecule has 4 rings (SSSR count). The molecule has 0 spiro atoms. The van der Waals surface area contributed by atoms with Crippen molar-refractivity contribution in [2.75, 3.05) is 11.4 Å². The number of para-hydroxylation sites is 1. The first-order valence-corrected chi connectivity index (χ1v) is 10.4. The van der Waals surface area contributed by atoms with Crippen LogP contribution in [0, 0.1) is 0 Å². The number of nitrogens with zero attached hydrogens (tertiary/aromatic N) is 2. The molecular formula is C25H24N4O3. The lowest BCUT2D eigenvalue weighted by Gasteiger charge is -2.28. The third-order valence-corrected chi connectivity index (χ3v) is 5.31. The maximum Gasteiger partial charge on any atom is 0.250 e. The third kappa shape index (κ3) is 4.62. The Balaban J connectivity index is 1.67. The second-order valence-corrected chi connectivity index (χ2v) is 7.46. The minimum absolute atomic E-state index is 0.202. The number of primary amides is 1. The number of aromatic nitrogens is 1. The number of rotatable bonds is 7. The summed E-state index contributed by atoms with van der Waals surface area (Å²) in [6, 6.07) is 18.8. The van der Waals surface area contributed by atoms with E-state index >= 15 is 0 Å². The van der Waals surface area contributed by atoms with E-state index < -0.39 is 5.91 Å². The van der Waals surface area contributed by atoms with Gasteiger partial charge in [-0.15, -0.1) is 0 Å². The van der Waals surface area contributed by atoms with Gasteiger partial charge >= 0.3 is 0 Å². The molecule has 0 aliphatic carbocycles. The van der Waals surface area contributed by atoms with Crippen LogP contribution in [-0.4, -0.2) is 29.5 Å². The Morgan fingerprint density at radius 1 is 1.12 bits per heavy atom. The molecule has 1 aliphatic rings. The molecule has 1 fully saturated rings. The van der Waals surface area contributed by atoms with Gasteiger partial charge in [0.1, 0.15) is 23.5 Å². The fraction of sp³-hybridized carbons (Fsp3) is 0.160. The lowest BCUT2D eigenvalue weighted by molar-refractivity contribution is -0.117. The van der Waals surface area contributed by atoms with Crippen molar-refractivity contribution in [3.8, 4) is 22.6 Å². The summed E-state index contributed by atoms with van der Waals surface area (Å²) in [6.45, 7) is 4.25. The SMILES string of the molecule is C=CC(=O)NC1CCCN1c1ncc(C(N)=O)cc1-c1ccc(Oc2ccccc2)cc1. The van der Waals surface area contributed by atoms with Crippen molar-refractivity contribution in [2.24, 2.45) is 5.73 Å². The average molecular weight is 428 g/mol. The van der Waals surface area contributed by atoms with Gasteiger partial charge in [-0.2, -0.15) is 0 Å². The molecule has 0 saturated carbocycles. The summed E-state index contributed by atoms with van der Waals surface area (Å²) in [5.74, 6) is 1.33. The summed E-state index contributed by atoms with van der Waals surface area (Å²) >= 11 is 0. The lowest BCUT2D eigenvalue weighted by Crippen LogP contribution is -2.44. The van der Waals surface area contributed by atoms with Crippen molar-refractivity contribution in [2.45, 2.75) is 19.0 Å². The minimum Gasteiger partial charge on any atom is -0.457 e. The average Bonchev–Trinajstić information content (AvgIpc) is 3.27. The van der Waals surface area contributed by atoms with Crippen LogP contribution < -0.4 is 20.7 Å². The van der Waals surface area contributed by atoms with E-state index in [-0.39, 0.29) is 12.1 Å². The number of amides is 2. The first-order chi connectivity index (χ1) is 15.5. The molecule has 7 nitrogen and oxygen atoms in total. The van der Waals surface area contributed by atoms with Crippen LogP contribution in [0.15, 0.2) is 79.5 Å². The maximum absolute atomic E-state index is 11.9. The predicted octanol–water partition coefficient (Wildman–Crippen LogP) is 3.87. The Kier molecular flexibility index (Phi) is 6.17. The number of carbonyl (C=O) groups excluding carboxylic acids is 2. The van der Waals surface area contributed by atoms with Gasteiger partial charge in [0, 0.05) is 18.3 Å². The number of pyridine rings is 1. The number of ether oxygens (including phenoxy) is 1. The Labute approximate surface area is 186 Å². The molecule has 1 aromatic heterocycles. The number of benzene rings is 2. The first-order valence-electron chi connectivity index (χ1n) is 10.4. The van der Waals surface area contributed by atoms with Crippen LogP contribution in [0.3, 0.4) is 0 Å². The van der Waals surface area contributed by atoms with Gasteiger partial charge in [0.15, 0.2) is 0 Å². The van der Waals surface area contributed by atoms with E-state index in [2.05, 4.69) is 16.9 Å². The summed E-state index contributed by atoms with van der Waals surface area (Å²) in [5, 5.41) is 2.95. The monoisotopic (exact) mass is 428 g/mol. The van der Waals surface area contributed by atoms with Gasteiger partial charge in [-0.1, -0.05) is 36.9 Å². The molecule has 3 aromatic rings. The number of nitrogens with two attached hydrogens (primary N) is 1. The number of anilines is 1. The first kappa shape index (κ1) is 21.1. The molecule has 0 radical (unpaired) electrons. The van der Waals surface area contributed by atoms with Gasteiger partial charge in [0.2, 0.25) is 11.8 Å². The van der Waals surface area contributed by atoms with Crippen LogP contribution in [0.2, 0.25) is 0 Å². The van der Waals surface area contributed by atoms with Crippen LogP contribution >= 0.6 is 0 Å². The van der Waals surface area contributed by atoms with Crippen LogP contribution in [0.1, 0.15) is 23.2 Å². The second-order valence-electron chi connectivity index (χ2n) is 7.46. The Hall–Kier alpha value is -4.13. The maximum atomic E-state index is 11.9. The van der Waals surface area contributed by atoms with E-state index in [1.165, 1.54) is 12.3 Å². The molecule has 32 heavy (non-hydrogen) atoms. The molecule has 3 N–H and O–H groups in total. The molecule has 0 bridgehead atoms. The summed E-state index contributed by atoms with van der Waals surface area (Å²) < 4.78 is 5.88. The predicted molar refractivity (Wildman–Crippen MR) is 123 cm³/mol. The van der Waals surface area contributed by atoms with E-state index in [0.717, 1.165) is 36.3 Å². The smallest absolute Gasteiger partial charge is 0.250 e. The normalized spacial score (nSPS) is 15.2. The number of hydrogen-bond acceptors (Lipinski definition) is 5. The van der Waals surface area contributed by atoms with Crippen molar-refractivity contribution in [1.82, 2.24) is 10.3 Å². The van der Waals surface area contributed by atoms with Gasteiger partial charge in [-0.3, -0.25) is 9.59 Å². The third-order valence-electron chi connectivity index (χ3n) is 5.31. The van der Waals surface area contributed by atoms with E-state index in [4.69, 9.17) is 10.5 Å².